The number of nitrogen functional groups attached to an aromatic ring is 1. The lowest BCUT2D eigenvalue weighted by atomic mass is 10.5. The summed E-state index contributed by atoms with van der Waals surface area (Å²) in [5.74, 6) is 0.307. The Morgan fingerprint density at radius 2 is 2.28 bits per heavy atom. The van der Waals surface area contributed by atoms with E-state index in [4.69, 9.17) is 15.2 Å². The first-order chi connectivity index (χ1) is 8.65. The topological polar surface area (TPSA) is 97.2 Å². The fourth-order valence-corrected chi connectivity index (χ4v) is 1.57. The summed E-state index contributed by atoms with van der Waals surface area (Å²) in [7, 11) is 3.11. The summed E-state index contributed by atoms with van der Waals surface area (Å²) < 4.78 is 12.9. The number of nitrogens with zero attached hydrogens (tertiary/aromatic N) is 4. The molecule has 0 aliphatic rings. The number of rotatable bonds is 5. The monoisotopic (exact) mass is 253 g/mol. The number of nitrogens with two attached hydrogens (primary N) is 1. The van der Waals surface area contributed by atoms with Gasteiger partial charge in [0, 0.05) is 20.7 Å². The van der Waals surface area contributed by atoms with Crippen LogP contribution in [-0.4, -0.2) is 39.6 Å². The average Bonchev–Trinajstić information content (AvgIpc) is 2.75. The number of aromatic nitrogens is 4. The van der Waals surface area contributed by atoms with Crippen molar-refractivity contribution in [1.29, 1.82) is 0 Å². The van der Waals surface area contributed by atoms with Gasteiger partial charge in [-0.1, -0.05) is 0 Å². The van der Waals surface area contributed by atoms with Crippen LogP contribution in [0.3, 0.4) is 0 Å². The summed E-state index contributed by atoms with van der Waals surface area (Å²) in [6.07, 6.45) is 1.59. The number of fused-ring (bicyclic) bond motifs is 1. The van der Waals surface area contributed by atoms with Crippen molar-refractivity contribution in [3.05, 3.63) is 16.8 Å². The highest BCUT2D eigenvalue weighted by Crippen LogP contribution is 2.14. The third kappa shape index (κ3) is 2.20. The van der Waals surface area contributed by atoms with Gasteiger partial charge in [-0.2, -0.15) is 4.98 Å². The van der Waals surface area contributed by atoms with E-state index >= 15 is 0 Å². The van der Waals surface area contributed by atoms with Crippen LogP contribution in [0.15, 0.2) is 11.1 Å². The Morgan fingerprint density at radius 1 is 1.50 bits per heavy atom. The van der Waals surface area contributed by atoms with Gasteiger partial charge in [0.1, 0.15) is 18.1 Å². The van der Waals surface area contributed by atoms with Crippen LogP contribution in [-0.2, 0) is 23.1 Å². The number of hydrogen-bond acceptors (Lipinski definition) is 6. The summed E-state index contributed by atoms with van der Waals surface area (Å²) in [6.45, 7) is 1.19. The van der Waals surface area contributed by atoms with Gasteiger partial charge in [-0.15, -0.1) is 0 Å². The molecule has 0 spiro atoms. The molecule has 2 rings (SSSR count). The highest BCUT2D eigenvalue weighted by Gasteiger charge is 2.11. The fraction of sp³-hybridized carbons (Fsp3) is 0.500. The van der Waals surface area contributed by atoms with Gasteiger partial charge in [0.25, 0.3) is 0 Å². The molecule has 0 aliphatic carbocycles. The van der Waals surface area contributed by atoms with Gasteiger partial charge in [0.15, 0.2) is 5.65 Å². The largest absolute Gasteiger partial charge is 0.383 e. The highest BCUT2D eigenvalue weighted by atomic mass is 16.7. The van der Waals surface area contributed by atoms with Crippen LogP contribution in [0.4, 0.5) is 5.82 Å². The molecule has 0 aliphatic heterocycles. The Hall–Kier alpha value is -1.93. The maximum absolute atomic E-state index is 11.6. The molecule has 2 aromatic rings. The molecule has 2 heterocycles. The van der Waals surface area contributed by atoms with Crippen molar-refractivity contribution in [2.24, 2.45) is 7.05 Å². The molecule has 0 aromatic carbocycles. The van der Waals surface area contributed by atoms with E-state index in [1.54, 1.807) is 25.1 Å². The minimum atomic E-state index is -0.403. The van der Waals surface area contributed by atoms with Crippen LogP contribution in [0.5, 0.6) is 0 Å². The summed E-state index contributed by atoms with van der Waals surface area (Å²) in [4.78, 5) is 19.6. The van der Waals surface area contributed by atoms with Gasteiger partial charge in [0.2, 0.25) is 0 Å². The molecule has 18 heavy (non-hydrogen) atoms. The quantitative estimate of drug-likeness (QED) is 0.561. The van der Waals surface area contributed by atoms with Gasteiger partial charge in [-0.05, 0) is 0 Å². The standard InChI is InChI=1S/C10H15N5O3/c1-14-8(11)7-9(13-10(14)16)15(5-12-7)3-4-18-6-17-2/h5H,3-4,6,11H2,1-2H3. The summed E-state index contributed by atoms with van der Waals surface area (Å²) in [6, 6.07) is 0. The molecule has 8 heteroatoms. The highest BCUT2D eigenvalue weighted by molar-refractivity contribution is 5.81. The molecule has 0 amide bonds. The SMILES string of the molecule is COCOCCn1cnc2c(N)n(C)c(=O)nc21. The van der Waals surface area contributed by atoms with E-state index in [0.29, 0.717) is 30.1 Å². The first-order valence-corrected chi connectivity index (χ1v) is 5.39. The number of imidazole rings is 1. The Balaban J connectivity index is 2.28. The van der Waals surface area contributed by atoms with E-state index in [0.717, 1.165) is 0 Å². The first-order valence-electron chi connectivity index (χ1n) is 5.39. The summed E-state index contributed by atoms with van der Waals surface area (Å²) in [5, 5.41) is 0. The summed E-state index contributed by atoms with van der Waals surface area (Å²) >= 11 is 0. The number of anilines is 1. The van der Waals surface area contributed by atoms with Crippen molar-refractivity contribution in [1.82, 2.24) is 19.1 Å². The molecule has 2 aromatic heterocycles. The smallest absolute Gasteiger partial charge is 0.350 e. The average molecular weight is 253 g/mol. The Morgan fingerprint density at radius 3 is 3.00 bits per heavy atom. The van der Waals surface area contributed by atoms with Gasteiger partial charge in [-0.25, -0.2) is 9.78 Å². The second kappa shape index (κ2) is 5.15. The van der Waals surface area contributed by atoms with E-state index in [1.807, 2.05) is 0 Å². The minimum absolute atomic E-state index is 0.226. The van der Waals surface area contributed by atoms with E-state index in [-0.39, 0.29) is 6.79 Å². The maximum atomic E-state index is 11.6. The third-order valence-corrected chi connectivity index (χ3v) is 2.58. The molecule has 0 saturated carbocycles. The molecule has 98 valence electrons. The zero-order valence-corrected chi connectivity index (χ0v) is 10.3. The molecule has 0 radical (unpaired) electrons. The third-order valence-electron chi connectivity index (χ3n) is 2.58. The molecule has 0 atom stereocenters. The Bertz CT molecular complexity index is 603. The van der Waals surface area contributed by atoms with Gasteiger partial charge < -0.3 is 19.8 Å². The van der Waals surface area contributed by atoms with Crippen molar-refractivity contribution in [3.8, 4) is 0 Å². The van der Waals surface area contributed by atoms with Crippen molar-refractivity contribution >= 4 is 17.0 Å². The van der Waals surface area contributed by atoms with Crippen LogP contribution < -0.4 is 11.4 Å². The molecule has 0 fully saturated rings. The van der Waals surface area contributed by atoms with Crippen molar-refractivity contribution in [2.45, 2.75) is 6.54 Å². The lowest BCUT2D eigenvalue weighted by Gasteiger charge is -2.06. The van der Waals surface area contributed by atoms with Crippen LogP contribution in [0.2, 0.25) is 0 Å². The van der Waals surface area contributed by atoms with E-state index < -0.39 is 5.69 Å². The van der Waals surface area contributed by atoms with E-state index in [2.05, 4.69) is 9.97 Å². The zero-order valence-electron chi connectivity index (χ0n) is 10.3. The molecular formula is C10H15N5O3. The Labute approximate surface area is 103 Å². The molecular weight excluding hydrogens is 238 g/mol. The number of methoxy groups -OCH3 is 1. The lowest BCUT2D eigenvalue weighted by molar-refractivity contribution is -0.0327. The van der Waals surface area contributed by atoms with E-state index in [9.17, 15) is 4.79 Å². The van der Waals surface area contributed by atoms with E-state index in [1.165, 1.54) is 4.57 Å². The summed E-state index contributed by atoms with van der Waals surface area (Å²) in [5.41, 5.74) is 6.39. The fourth-order valence-electron chi connectivity index (χ4n) is 1.57. The molecule has 0 bridgehead atoms. The van der Waals surface area contributed by atoms with Crippen molar-refractivity contribution in [3.63, 3.8) is 0 Å². The molecule has 0 unspecified atom stereocenters. The predicted molar refractivity (Wildman–Crippen MR) is 65.0 cm³/mol. The van der Waals surface area contributed by atoms with Gasteiger partial charge in [0.05, 0.1) is 12.9 Å². The van der Waals surface area contributed by atoms with Crippen molar-refractivity contribution < 1.29 is 9.47 Å². The Kier molecular flexibility index (Phi) is 3.58. The van der Waals surface area contributed by atoms with Crippen LogP contribution >= 0.6 is 0 Å². The number of ether oxygens (including phenoxy) is 2. The predicted octanol–water partition coefficient (Wildman–Crippen LogP) is -0.667. The molecule has 8 nitrogen and oxygen atoms in total. The maximum Gasteiger partial charge on any atom is 0.350 e. The molecule has 0 saturated heterocycles. The number of hydrogen-bond donors (Lipinski definition) is 1. The van der Waals surface area contributed by atoms with Gasteiger partial charge >= 0.3 is 5.69 Å². The van der Waals surface area contributed by atoms with Crippen molar-refractivity contribution in [2.75, 3.05) is 26.2 Å². The van der Waals surface area contributed by atoms with Crippen LogP contribution in [0, 0.1) is 0 Å². The lowest BCUT2D eigenvalue weighted by Crippen LogP contribution is -2.23. The zero-order chi connectivity index (χ0) is 13.1. The minimum Gasteiger partial charge on any atom is -0.383 e. The first kappa shape index (κ1) is 12.5. The van der Waals surface area contributed by atoms with Crippen LogP contribution in [0.25, 0.3) is 11.2 Å². The second-order valence-electron chi connectivity index (χ2n) is 3.76. The molecule has 2 N–H and O–H groups in total. The normalized spacial score (nSPS) is 11.2. The second-order valence-corrected chi connectivity index (χ2v) is 3.76. The van der Waals surface area contributed by atoms with Gasteiger partial charge in [-0.3, -0.25) is 4.57 Å². The van der Waals surface area contributed by atoms with Crippen LogP contribution in [0.1, 0.15) is 0 Å².